The zero-order valence-electron chi connectivity index (χ0n) is 22.0. The number of methoxy groups -OCH3 is 1. The van der Waals surface area contributed by atoms with Crippen LogP contribution in [0.2, 0.25) is 0 Å². The van der Waals surface area contributed by atoms with Crippen molar-refractivity contribution in [3.05, 3.63) is 35.4 Å². The molecule has 2 amide bonds. The molecule has 1 unspecified atom stereocenters. The highest BCUT2D eigenvalue weighted by Crippen LogP contribution is 2.20. The molecule has 3 N–H and O–H groups in total. The molecule has 2 heterocycles. The van der Waals surface area contributed by atoms with E-state index >= 15 is 0 Å². The summed E-state index contributed by atoms with van der Waals surface area (Å²) in [6.07, 6.45) is 1.80. The first-order valence-corrected chi connectivity index (χ1v) is 12.5. The monoisotopic (exact) mass is 515 g/mol. The fourth-order valence-electron chi connectivity index (χ4n) is 4.21. The van der Waals surface area contributed by atoms with Gasteiger partial charge in [-0.2, -0.15) is 4.99 Å². The Morgan fingerprint density at radius 1 is 1.22 bits per heavy atom. The fraction of sp³-hybridized carbons (Fsp3) is 0.577. The van der Waals surface area contributed by atoms with Gasteiger partial charge in [0, 0.05) is 18.5 Å². The quantitative estimate of drug-likeness (QED) is 0.290. The summed E-state index contributed by atoms with van der Waals surface area (Å²) in [6, 6.07) is 6.76. The van der Waals surface area contributed by atoms with Gasteiger partial charge in [-0.15, -0.1) is 0 Å². The summed E-state index contributed by atoms with van der Waals surface area (Å²) in [5.74, 6) is -0.501. The lowest BCUT2D eigenvalue weighted by Gasteiger charge is -2.24. The topological polar surface area (TPSA) is 145 Å². The first-order chi connectivity index (χ1) is 17.5. The van der Waals surface area contributed by atoms with E-state index in [1.165, 1.54) is 7.11 Å². The van der Waals surface area contributed by atoms with Gasteiger partial charge in [-0.3, -0.25) is 9.59 Å². The Balaban J connectivity index is 1.51. The summed E-state index contributed by atoms with van der Waals surface area (Å²) in [7, 11) is 1.34. The molecular formula is C26H37N5O6. The van der Waals surface area contributed by atoms with Crippen molar-refractivity contribution in [3.8, 4) is 0 Å². The SMILES string of the molecule is COC(=O)C[C@@H](CN1CCCC1)NC(=O)CC1CC(c2ccc(/C(N)=N\C(=O)OC(C)(C)C)cc2)=NO1. The van der Waals surface area contributed by atoms with Gasteiger partial charge in [0.15, 0.2) is 0 Å². The van der Waals surface area contributed by atoms with Crippen molar-refractivity contribution < 1.29 is 28.7 Å². The first-order valence-electron chi connectivity index (χ1n) is 12.5. The van der Waals surface area contributed by atoms with Crippen LogP contribution in [0.3, 0.4) is 0 Å². The van der Waals surface area contributed by atoms with E-state index in [0.717, 1.165) is 31.5 Å². The number of ether oxygens (including phenoxy) is 2. The number of aliphatic imine (C=N–C) groups is 1. The Morgan fingerprint density at radius 3 is 2.51 bits per heavy atom. The summed E-state index contributed by atoms with van der Waals surface area (Å²) < 4.78 is 9.95. The van der Waals surface area contributed by atoms with Crippen molar-refractivity contribution in [1.29, 1.82) is 0 Å². The van der Waals surface area contributed by atoms with Crippen molar-refractivity contribution in [2.45, 2.75) is 70.6 Å². The van der Waals surface area contributed by atoms with Gasteiger partial charge in [-0.25, -0.2) is 4.79 Å². The number of likely N-dealkylation sites (tertiary alicyclic amines) is 1. The summed E-state index contributed by atoms with van der Waals surface area (Å²) >= 11 is 0. The molecule has 11 heteroatoms. The summed E-state index contributed by atoms with van der Waals surface area (Å²) in [5.41, 5.74) is 7.37. The fourth-order valence-corrected chi connectivity index (χ4v) is 4.21. The third-order valence-corrected chi connectivity index (χ3v) is 5.95. The number of carbonyl (C=O) groups excluding carboxylic acids is 3. The Kier molecular flexibility index (Phi) is 9.62. The molecule has 0 aliphatic carbocycles. The Morgan fingerprint density at radius 2 is 1.89 bits per heavy atom. The number of carbonyl (C=O) groups is 3. The largest absolute Gasteiger partial charge is 0.469 e. The maximum absolute atomic E-state index is 12.7. The standard InChI is InChI=1S/C26H37N5O6/c1-26(2,3)36-25(34)29-24(27)18-9-7-17(8-10-18)21-14-20(37-30-21)15-22(32)28-19(13-23(33)35-4)16-31-11-5-6-12-31/h7-10,19-20H,5-6,11-16H2,1-4H3,(H,28,32)(H2,27,29,34)/t19-,20?/m0/s1. The second-order valence-corrected chi connectivity index (χ2v) is 10.3. The van der Waals surface area contributed by atoms with Gasteiger partial charge in [-0.1, -0.05) is 29.4 Å². The molecule has 0 radical (unpaired) electrons. The first kappa shape index (κ1) is 28.1. The molecule has 1 saturated heterocycles. The lowest BCUT2D eigenvalue weighted by molar-refractivity contribution is -0.141. The molecule has 0 aromatic heterocycles. The number of hydrogen-bond donors (Lipinski definition) is 2. The van der Waals surface area contributed by atoms with Gasteiger partial charge in [0.05, 0.1) is 31.7 Å². The van der Waals surface area contributed by atoms with E-state index in [1.54, 1.807) is 45.0 Å². The van der Waals surface area contributed by atoms with E-state index in [4.69, 9.17) is 20.0 Å². The van der Waals surface area contributed by atoms with Crippen molar-refractivity contribution in [1.82, 2.24) is 10.2 Å². The molecular weight excluding hydrogens is 478 g/mol. The van der Waals surface area contributed by atoms with Crippen molar-refractivity contribution in [2.24, 2.45) is 15.9 Å². The molecule has 202 valence electrons. The average molecular weight is 516 g/mol. The van der Waals surface area contributed by atoms with Crippen LogP contribution in [0.4, 0.5) is 4.79 Å². The van der Waals surface area contributed by atoms with Gasteiger partial charge in [0.25, 0.3) is 0 Å². The second kappa shape index (κ2) is 12.7. The van der Waals surface area contributed by atoms with E-state index in [2.05, 4.69) is 20.4 Å². The maximum Gasteiger partial charge on any atom is 0.436 e. The number of nitrogens with one attached hydrogen (secondary N) is 1. The number of amidine groups is 1. The van der Waals surface area contributed by atoms with Crippen molar-refractivity contribution in [3.63, 3.8) is 0 Å². The molecule has 0 spiro atoms. The minimum absolute atomic E-state index is 0.0513. The van der Waals surface area contributed by atoms with Crippen LogP contribution in [0.25, 0.3) is 0 Å². The minimum Gasteiger partial charge on any atom is -0.469 e. The predicted octanol–water partition coefficient (Wildman–Crippen LogP) is 2.35. The van der Waals surface area contributed by atoms with Crippen molar-refractivity contribution >= 4 is 29.5 Å². The number of amides is 2. The van der Waals surface area contributed by atoms with Crippen LogP contribution < -0.4 is 11.1 Å². The highest BCUT2D eigenvalue weighted by atomic mass is 16.6. The van der Waals surface area contributed by atoms with Crippen LogP contribution in [-0.4, -0.2) is 78.9 Å². The number of nitrogens with two attached hydrogens (primary N) is 1. The highest BCUT2D eigenvalue weighted by molar-refractivity contribution is 6.05. The van der Waals surface area contributed by atoms with E-state index in [1.807, 2.05) is 0 Å². The van der Waals surface area contributed by atoms with Gasteiger partial charge in [0.1, 0.15) is 17.5 Å². The average Bonchev–Trinajstić information content (AvgIpc) is 3.50. The summed E-state index contributed by atoms with van der Waals surface area (Å²) in [6.45, 7) is 7.80. The van der Waals surface area contributed by atoms with E-state index in [-0.39, 0.29) is 36.6 Å². The minimum atomic E-state index is -0.752. The van der Waals surface area contributed by atoms with Gasteiger partial charge < -0.3 is 30.3 Å². The number of nitrogens with zero attached hydrogens (tertiary/aromatic N) is 3. The third-order valence-electron chi connectivity index (χ3n) is 5.95. The Labute approximate surface area is 217 Å². The smallest absolute Gasteiger partial charge is 0.436 e. The van der Waals surface area contributed by atoms with Crippen LogP contribution in [-0.2, 0) is 23.9 Å². The Hall–Kier alpha value is -3.47. The molecule has 0 bridgehead atoms. The molecule has 1 aromatic rings. The van der Waals surface area contributed by atoms with Crippen LogP contribution in [0.15, 0.2) is 34.4 Å². The van der Waals surface area contributed by atoms with Gasteiger partial charge in [0.2, 0.25) is 5.91 Å². The zero-order chi connectivity index (χ0) is 27.0. The molecule has 2 aliphatic rings. The number of esters is 1. The van der Waals surface area contributed by atoms with Gasteiger partial charge in [-0.05, 0) is 52.3 Å². The maximum atomic E-state index is 12.7. The normalized spacial score (nSPS) is 19.1. The van der Waals surface area contributed by atoms with Crippen molar-refractivity contribution in [2.75, 3.05) is 26.7 Å². The molecule has 37 heavy (non-hydrogen) atoms. The molecule has 3 rings (SSSR count). The number of rotatable bonds is 9. The molecule has 2 aliphatic heterocycles. The number of benzene rings is 1. The molecule has 11 nitrogen and oxygen atoms in total. The molecule has 1 aromatic carbocycles. The summed E-state index contributed by atoms with van der Waals surface area (Å²) in [5, 5.41) is 7.11. The van der Waals surface area contributed by atoms with Crippen LogP contribution in [0, 0.1) is 0 Å². The third kappa shape index (κ3) is 9.16. The lowest BCUT2D eigenvalue weighted by Crippen LogP contribution is -2.45. The highest BCUT2D eigenvalue weighted by Gasteiger charge is 2.27. The van der Waals surface area contributed by atoms with Crippen LogP contribution in [0.1, 0.15) is 64.0 Å². The lowest BCUT2D eigenvalue weighted by atomic mass is 10.0. The second-order valence-electron chi connectivity index (χ2n) is 10.3. The van der Waals surface area contributed by atoms with Crippen LogP contribution >= 0.6 is 0 Å². The van der Waals surface area contributed by atoms with E-state index in [0.29, 0.717) is 24.2 Å². The summed E-state index contributed by atoms with van der Waals surface area (Å²) in [4.78, 5) is 47.9. The van der Waals surface area contributed by atoms with Gasteiger partial charge >= 0.3 is 12.1 Å². The zero-order valence-corrected chi connectivity index (χ0v) is 22.0. The predicted molar refractivity (Wildman–Crippen MR) is 138 cm³/mol. The van der Waals surface area contributed by atoms with E-state index < -0.39 is 17.8 Å². The van der Waals surface area contributed by atoms with E-state index in [9.17, 15) is 14.4 Å². The molecule has 2 atom stereocenters. The van der Waals surface area contributed by atoms with Crippen LogP contribution in [0.5, 0.6) is 0 Å². The Bertz CT molecular complexity index is 1020. The molecule has 0 saturated carbocycles. The number of oxime groups is 1. The molecule has 1 fully saturated rings. The number of hydrogen-bond acceptors (Lipinski definition) is 8.